The smallest absolute Gasteiger partial charge is 0.326 e. The molecule has 1 aliphatic rings. The summed E-state index contributed by atoms with van der Waals surface area (Å²) in [5.74, 6) is -1.60. The lowest BCUT2D eigenvalue weighted by atomic mass is 9.91. The molecule has 0 radical (unpaired) electrons. The van der Waals surface area contributed by atoms with Crippen LogP contribution in [0, 0.1) is 0 Å². The molecule has 2 aromatic rings. The summed E-state index contributed by atoms with van der Waals surface area (Å²) in [7, 11) is 0. The molecule has 0 bridgehead atoms. The number of carbonyl (C=O) groups is 3. The Balaban J connectivity index is 1.87. The van der Waals surface area contributed by atoms with Gasteiger partial charge < -0.3 is 15.3 Å². The Hall–Kier alpha value is -2.67. The Morgan fingerprint density at radius 1 is 1.22 bits per heavy atom. The second-order valence-electron chi connectivity index (χ2n) is 6.62. The van der Waals surface area contributed by atoms with Crippen molar-refractivity contribution >= 4 is 29.1 Å². The quantitative estimate of drug-likeness (QED) is 0.799. The maximum absolute atomic E-state index is 13.1. The molecule has 1 atom stereocenters. The van der Waals surface area contributed by atoms with E-state index in [9.17, 15) is 19.5 Å². The molecule has 2 amide bonds. The molecule has 2 N–H and O–H groups in total. The molecule has 1 unspecified atom stereocenters. The predicted molar refractivity (Wildman–Crippen MR) is 104 cm³/mol. The van der Waals surface area contributed by atoms with E-state index < -0.39 is 12.0 Å². The number of carboxylic acids is 1. The van der Waals surface area contributed by atoms with Gasteiger partial charge in [0.25, 0.3) is 5.91 Å². The van der Waals surface area contributed by atoms with E-state index in [-0.39, 0.29) is 24.9 Å². The average Bonchev–Trinajstić information content (AvgIpc) is 3.08. The number of amides is 2. The van der Waals surface area contributed by atoms with E-state index >= 15 is 0 Å². The zero-order valence-electron chi connectivity index (χ0n) is 15.3. The predicted octanol–water partition coefficient (Wildman–Crippen LogP) is 2.57. The fraction of sp³-hybridized carbons (Fsp3) is 0.350. The molecule has 1 heterocycles. The van der Waals surface area contributed by atoms with Crippen LogP contribution in [0.1, 0.15) is 34.6 Å². The van der Waals surface area contributed by atoms with Crippen molar-refractivity contribution in [2.75, 3.05) is 13.1 Å². The van der Waals surface area contributed by atoms with E-state index in [2.05, 4.69) is 17.4 Å². The van der Waals surface area contributed by atoms with E-state index in [4.69, 9.17) is 0 Å². The number of carbonyl (C=O) groups excluding carboxylic acids is 2. The number of nitrogens with zero attached hydrogens (tertiary/aromatic N) is 1. The standard InChI is InChI=1S/C20H22N2O4S/c1-12(20(25)26)22(10-9-21-13(2)23)19(24)17-11-15-8-7-14-5-3-4-6-16(14)18(15)27-17/h3-6,11-12H,7-10H2,1-2H3,(H,21,23)(H,25,26). The SMILES string of the molecule is CC(=O)NCCN(C(=O)c1cc2c(s1)-c1ccccc1CC2)C(C)C(=O)O. The minimum atomic E-state index is -1.07. The van der Waals surface area contributed by atoms with Crippen LogP contribution >= 0.6 is 11.3 Å². The van der Waals surface area contributed by atoms with Crippen molar-refractivity contribution < 1.29 is 19.5 Å². The molecule has 0 saturated heterocycles. The van der Waals surface area contributed by atoms with Crippen LogP contribution in [0.5, 0.6) is 0 Å². The number of carboxylic acid groups (broad SMARTS) is 1. The maximum Gasteiger partial charge on any atom is 0.326 e. The van der Waals surface area contributed by atoms with Gasteiger partial charge in [-0.2, -0.15) is 0 Å². The molecule has 3 rings (SSSR count). The Morgan fingerprint density at radius 3 is 2.63 bits per heavy atom. The molecular weight excluding hydrogens is 364 g/mol. The number of nitrogens with one attached hydrogen (secondary N) is 1. The molecule has 27 heavy (non-hydrogen) atoms. The summed E-state index contributed by atoms with van der Waals surface area (Å²) in [4.78, 5) is 38.5. The van der Waals surface area contributed by atoms with E-state index in [0.29, 0.717) is 4.88 Å². The lowest BCUT2D eigenvalue weighted by Crippen LogP contribution is -2.46. The third kappa shape index (κ3) is 4.03. The number of rotatable bonds is 6. The fourth-order valence-electron chi connectivity index (χ4n) is 3.28. The highest BCUT2D eigenvalue weighted by Crippen LogP contribution is 2.39. The van der Waals surface area contributed by atoms with Crippen molar-refractivity contribution in [3.8, 4) is 10.4 Å². The van der Waals surface area contributed by atoms with Crippen LogP contribution < -0.4 is 5.32 Å². The van der Waals surface area contributed by atoms with Gasteiger partial charge in [-0.15, -0.1) is 11.3 Å². The van der Waals surface area contributed by atoms with E-state index in [1.807, 2.05) is 18.2 Å². The maximum atomic E-state index is 13.1. The summed E-state index contributed by atoms with van der Waals surface area (Å²) in [5, 5.41) is 12.0. The number of benzene rings is 1. The molecule has 0 saturated carbocycles. The highest BCUT2D eigenvalue weighted by Gasteiger charge is 2.29. The Bertz CT molecular complexity index is 890. The number of aliphatic carboxylic acids is 1. The van der Waals surface area contributed by atoms with Gasteiger partial charge >= 0.3 is 5.97 Å². The monoisotopic (exact) mass is 386 g/mol. The molecule has 1 aliphatic carbocycles. The second-order valence-corrected chi connectivity index (χ2v) is 7.67. The molecule has 1 aromatic carbocycles. The minimum Gasteiger partial charge on any atom is -0.480 e. The summed E-state index contributed by atoms with van der Waals surface area (Å²) in [6.07, 6.45) is 1.81. The zero-order chi connectivity index (χ0) is 19.6. The molecule has 0 fully saturated rings. The number of hydrogen-bond donors (Lipinski definition) is 2. The fourth-order valence-corrected chi connectivity index (χ4v) is 4.50. The highest BCUT2D eigenvalue weighted by atomic mass is 32.1. The molecule has 1 aromatic heterocycles. The Kier molecular flexibility index (Phi) is 5.60. The first-order chi connectivity index (χ1) is 12.9. The van der Waals surface area contributed by atoms with Crippen molar-refractivity contribution in [3.63, 3.8) is 0 Å². The molecular formula is C20H22N2O4S. The lowest BCUT2D eigenvalue weighted by Gasteiger charge is -2.26. The number of aryl methyl sites for hydroxylation is 2. The van der Waals surface area contributed by atoms with Gasteiger partial charge in [-0.1, -0.05) is 24.3 Å². The molecule has 0 aliphatic heterocycles. The van der Waals surface area contributed by atoms with Crippen LogP contribution in [0.2, 0.25) is 0 Å². The molecule has 0 spiro atoms. The first-order valence-corrected chi connectivity index (χ1v) is 9.69. The van der Waals surface area contributed by atoms with Gasteiger partial charge in [0.1, 0.15) is 6.04 Å². The van der Waals surface area contributed by atoms with E-state index in [1.165, 1.54) is 35.6 Å². The number of fused-ring (bicyclic) bond motifs is 3. The Labute approximate surface area is 161 Å². The normalized spacial score (nSPS) is 13.3. The van der Waals surface area contributed by atoms with Crippen molar-refractivity contribution in [2.45, 2.75) is 32.7 Å². The van der Waals surface area contributed by atoms with Crippen molar-refractivity contribution in [1.29, 1.82) is 0 Å². The first kappa shape index (κ1) is 19.1. The molecule has 6 nitrogen and oxygen atoms in total. The summed E-state index contributed by atoms with van der Waals surface area (Å²) >= 11 is 1.41. The van der Waals surface area contributed by atoms with E-state index in [1.54, 1.807) is 0 Å². The highest BCUT2D eigenvalue weighted by molar-refractivity contribution is 7.17. The van der Waals surface area contributed by atoms with Crippen molar-refractivity contribution in [3.05, 3.63) is 46.3 Å². The van der Waals surface area contributed by atoms with Gasteiger partial charge in [-0.3, -0.25) is 9.59 Å². The van der Waals surface area contributed by atoms with Gasteiger partial charge in [0.2, 0.25) is 5.91 Å². The topological polar surface area (TPSA) is 86.7 Å². The van der Waals surface area contributed by atoms with Crippen LogP contribution in [-0.2, 0) is 22.4 Å². The van der Waals surface area contributed by atoms with Crippen LogP contribution in [0.25, 0.3) is 10.4 Å². The van der Waals surface area contributed by atoms with Crippen molar-refractivity contribution in [2.24, 2.45) is 0 Å². The second kappa shape index (κ2) is 7.92. The van der Waals surface area contributed by atoms with Crippen LogP contribution in [0.3, 0.4) is 0 Å². The van der Waals surface area contributed by atoms with Gasteiger partial charge in [-0.05, 0) is 42.5 Å². The molecule has 142 valence electrons. The summed E-state index contributed by atoms with van der Waals surface area (Å²) in [6, 6.07) is 9.08. The number of thiophene rings is 1. The third-order valence-corrected chi connectivity index (χ3v) is 5.96. The van der Waals surface area contributed by atoms with Crippen molar-refractivity contribution in [1.82, 2.24) is 10.2 Å². The number of hydrogen-bond acceptors (Lipinski definition) is 4. The summed E-state index contributed by atoms with van der Waals surface area (Å²) in [6.45, 7) is 3.23. The third-order valence-electron chi connectivity index (χ3n) is 4.76. The van der Waals surface area contributed by atoms with Gasteiger partial charge in [0.15, 0.2) is 0 Å². The van der Waals surface area contributed by atoms with E-state index in [0.717, 1.165) is 28.8 Å². The average molecular weight is 386 g/mol. The minimum absolute atomic E-state index is 0.144. The van der Waals surface area contributed by atoms with Gasteiger partial charge in [-0.25, -0.2) is 4.79 Å². The van der Waals surface area contributed by atoms with Crippen LogP contribution in [-0.4, -0.2) is 46.9 Å². The molecule has 7 heteroatoms. The van der Waals surface area contributed by atoms with Gasteiger partial charge in [0, 0.05) is 24.9 Å². The van der Waals surface area contributed by atoms with Gasteiger partial charge in [0.05, 0.1) is 4.88 Å². The van der Waals surface area contributed by atoms with Crippen LogP contribution in [0.4, 0.5) is 0 Å². The van der Waals surface area contributed by atoms with Crippen LogP contribution in [0.15, 0.2) is 30.3 Å². The Morgan fingerprint density at radius 2 is 1.93 bits per heavy atom. The zero-order valence-corrected chi connectivity index (χ0v) is 16.1. The lowest BCUT2D eigenvalue weighted by molar-refractivity contribution is -0.141. The first-order valence-electron chi connectivity index (χ1n) is 8.87. The summed E-state index contributed by atoms with van der Waals surface area (Å²) < 4.78 is 0. The largest absolute Gasteiger partial charge is 0.480 e. The summed E-state index contributed by atoms with van der Waals surface area (Å²) in [5.41, 5.74) is 3.55.